The van der Waals surface area contributed by atoms with E-state index in [1.54, 1.807) is 4.90 Å². The molecule has 1 amide bonds. The van der Waals surface area contributed by atoms with Gasteiger partial charge in [-0.25, -0.2) is 0 Å². The van der Waals surface area contributed by atoms with Crippen LogP contribution in [0.1, 0.15) is 15.9 Å². The maximum absolute atomic E-state index is 12.4. The van der Waals surface area contributed by atoms with Gasteiger partial charge in [-0.1, -0.05) is 28.1 Å². The third-order valence-electron chi connectivity index (χ3n) is 3.31. The van der Waals surface area contributed by atoms with Gasteiger partial charge in [0, 0.05) is 43.4 Å². The molecule has 0 atom stereocenters. The van der Waals surface area contributed by atoms with Gasteiger partial charge in [-0.15, -0.1) is 0 Å². The second-order valence-electron chi connectivity index (χ2n) is 5.23. The average molecular weight is 347 g/mol. The van der Waals surface area contributed by atoms with Gasteiger partial charge in [-0.3, -0.25) is 4.79 Å². The van der Waals surface area contributed by atoms with Gasteiger partial charge in [-0.05, 0) is 42.0 Å². The van der Waals surface area contributed by atoms with Crippen molar-refractivity contribution in [2.24, 2.45) is 0 Å². The molecule has 0 fully saturated rings. The number of hydrogen-bond acceptors (Lipinski definition) is 2. The highest BCUT2D eigenvalue weighted by Gasteiger charge is 2.12. The van der Waals surface area contributed by atoms with Crippen LogP contribution in [-0.4, -0.2) is 32.0 Å². The lowest BCUT2D eigenvalue weighted by atomic mass is 10.1. The summed E-state index contributed by atoms with van der Waals surface area (Å²) in [5.41, 5.74) is 2.90. The molecule has 3 nitrogen and oxygen atoms in total. The molecule has 0 aromatic heterocycles. The van der Waals surface area contributed by atoms with Crippen LogP contribution in [0.5, 0.6) is 0 Å². The zero-order valence-corrected chi connectivity index (χ0v) is 14.1. The van der Waals surface area contributed by atoms with E-state index in [-0.39, 0.29) is 5.91 Å². The SMILES string of the molecule is CN(Cc1ccc(Br)cc1)C(=O)c1ccc(N(C)C)cc1. The molecule has 0 saturated heterocycles. The van der Waals surface area contributed by atoms with Crippen molar-refractivity contribution >= 4 is 27.5 Å². The number of carbonyl (C=O) groups is 1. The first-order valence-electron chi connectivity index (χ1n) is 6.74. The van der Waals surface area contributed by atoms with Crippen molar-refractivity contribution in [1.82, 2.24) is 4.90 Å². The summed E-state index contributed by atoms with van der Waals surface area (Å²) in [6, 6.07) is 15.7. The van der Waals surface area contributed by atoms with Crippen molar-refractivity contribution in [3.63, 3.8) is 0 Å². The molecule has 0 unspecified atom stereocenters. The van der Waals surface area contributed by atoms with Crippen LogP contribution >= 0.6 is 15.9 Å². The van der Waals surface area contributed by atoms with Crippen LogP contribution in [0.15, 0.2) is 53.0 Å². The zero-order chi connectivity index (χ0) is 15.4. The molecular weight excluding hydrogens is 328 g/mol. The lowest BCUT2D eigenvalue weighted by Gasteiger charge is -2.18. The van der Waals surface area contributed by atoms with Crippen LogP contribution in [0.3, 0.4) is 0 Å². The first-order chi connectivity index (χ1) is 9.97. The van der Waals surface area contributed by atoms with Crippen LogP contribution in [-0.2, 0) is 6.54 Å². The fourth-order valence-electron chi connectivity index (χ4n) is 2.06. The van der Waals surface area contributed by atoms with Crippen LogP contribution in [0.4, 0.5) is 5.69 Å². The highest BCUT2D eigenvalue weighted by atomic mass is 79.9. The van der Waals surface area contributed by atoms with Crippen LogP contribution in [0.2, 0.25) is 0 Å². The summed E-state index contributed by atoms with van der Waals surface area (Å²) in [4.78, 5) is 16.1. The van der Waals surface area contributed by atoms with E-state index >= 15 is 0 Å². The summed E-state index contributed by atoms with van der Waals surface area (Å²) < 4.78 is 1.04. The van der Waals surface area contributed by atoms with E-state index in [1.165, 1.54) is 0 Å². The molecule has 0 aliphatic rings. The molecule has 2 aromatic carbocycles. The molecular formula is C17H19BrN2O. The summed E-state index contributed by atoms with van der Waals surface area (Å²) in [7, 11) is 5.79. The normalized spacial score (nSPS) is 10.3. The summed E-state index contributed by atoms with van der Waals surface area (Å²) >= 11 is 3.41. The van der Waals surface area contributed by atoms with E-state index < -0.39 is 0 Å². The summed E-state index contributed by atoms with van der Waals surface area (Å²) in [5.74, 6) is 0.0308. The van der Waals surface area contributed by atoms with Gasteiger partial charge in [0.05, 0.1) is 0 Å². The van der Waals surface area contributed by atoms with Gasteiger partial charge in [0.2, 0.25) is 0 Å². The van der Waals surface area contributed by atoms with E-state index in [1.807, 2.05) is 74.6 Å². The summed E-state index contributed by atoms with van der Waals surface area (Å²) in [5, 5.41) is 0. The quantitative estimate of drug-likeness (QED) is 0.840. The highest BCUT2D eigenvalue weighted by molar-refractivity contribution is 9.10. The van der Waals surface area contributed by atoms with Gasteiger partial charge in [0.25, 0.3) is 5.91 Å². The molecule has 2 aromatic rings. The molecule has 0 radical (unpaired) electrons. The molecule has 0 aliphatic heterocycles. The van der Waals surface area contributed by atoms with Gasteiger partial charge < -0.3 is 9.80 Å². The minimum absolute atomic E-state index is 0.0308. The van der Waals surface area contributed by atoms with Gasteiger partial charge in [0.15, 0.2) is 0 Å². The van der Waals surface area contributed by atoms with Gasteiger partial charge in [0.1, 0.15) is 0 Å². The van der Waals surface area contributed by atoms with E-state index in [9.17, 15) is 4.79 Å². The second-order valence-corrected chi connectivity index (χ2v) is 6.14. The lowest BCUT2D eigenvalue weighted by Crippen LogP contribution is -2.26. The maximum Gasteiger partial charge on any atom is 0.253 e. The van der Waals surface area contributed by atoms with Crippen LogP contribution < -0.4 is 4.90 Å². The Labute approximate surface area is 134 Å². The van der Waals surface area contributed by atoms with Crippen molar-refractivity contribution in [1.29, 1.82) is 0 Å². The molecule has 0 aliphatic carbocycles. The zero-order valence-electron chi connectivity index (χ0n) is 12.5. The third-order valence-corrected chi connectivity index (χ3v) is 3.84. The Bertz CT molecular complexity index is 606. The molecule has 0 heterocycles. The number of amides is 1. The smallest absolute Gasteiger partial charge is 0.253 e. The lowest BCUT2D eigenvalue weighted by molar-refractivity contribution is 0.0785. The van der Waals surface area contributed by atoms with Gasteiger partial charge >= 0.3 is 0 Å². The average Bonchev–Trinajstić information content (AvgIpc) is 2.49. The standard InChI is InChI=1S/C17H19BrN2O/c1-19(2)16-10-6-14(7-11-16)17(21)20(3)12-13-4-8-15(18)9-5-13/h4-11H,12H2,1-3H3. The number of nitrogens with zero attached hydrogens (tertiary/aromatic N) is 2. The Morgan fingerprint density at radius 1 is 0.952 bits per heavy atom. The minimum Gasteiger partial charge on any atom is -0.378 e. The molecule has 4 heteroatoms. The van der Waals surface area contributed by atoms with Crippen molar-refractivity contribution in [3.05, 3.63) is 64.1 Å². The molecule has 0 bridgehead atoms. The fraction of sp³-hybridized carbons (Fsp3) is 0.235. The Balaban J connectivity index is 2.06. The van der Waals surface area contributed by atoms with Crippen molar-refractivity contribution < 1.29 is 4.79 Å². The molecule has 0 saturated carbocycles. The van der Waals surface area contributed by atoms with E-state index in [0.717, 1.165) is 15.7 Å². The number of carbonyl (C=O) groups excluding carboxylic acids is 1. The van der Waals surface area contributed by atoms with Crippen molar-refractivity contribution in [2.75, 3.05) is 26.0 Å². The third kappa shape index (κ3) is 4.08. The molecule has 2 rings (SSSR count). The highest BCUT2D eigenvalue weighted by Crippen LogP contribution is 2.15. The maximum atomic E-state index is 12.4. The number of benzene rings is 2. The largest absolute Gasteiger partial charge is 0.378 e. The van der Waals surface area contributed by atoms with Crippen LogP contribution in [0.25, 0.3) is 0 Å². The van der Waals surface area contributed by atoms with E-state index in [0.29, 0.717) is 12.1 Å². The first-order valence-corrected chi connectivity index (χ1v) is 7.54. The van der Waals surface area contributed by atoms with Crippen molar-refractivity contribution in [2.45, 2.75) is 6.54 Å². The predicted molar refractivity (Wildman–Crippen MR) is 90.7 cm³/mol. The summed E-state index contributed by atoms with van der Waals surface area (Å²) in [6.07, 6.45) is 0. The number of hydrogen-bond donors (Lipinski definition) is 0. The Kier molecular flexibility index (Phi) is 5.02. The number of rotatable bonds is 4. The molecule has 0 spiro atoms. The molecule has 21 heavy (non-hydrogen) atoms. The van der Waals surface area contributed by atoms with Crippen molar-refractivity contribution in [3.8, 4) is 0 Å². The predicted octanol–water partition coefficient (Wildman–Crippen LogP) is 3.79. The molecule has 110 valence electrons. The van der Waals surface area contributed by atoms with Gasteiger partial charge in [-0.2, -0.15) is 0 Å². The fourth-order valence-corrected chi connectivity index (χ4v) is 2.32. The Morgan fingerprint density at radius 3 is 2.05 bits per heavy atom. The minimum atomic E-state index is 0.0308. The first kappa shape index (κ1) is 15.6. The molecule has 0 N–H and O–H groups in total. The Morgan fingerprint density at radius 2 is 1.52 bits per heavy atom. The second kappa shape index (κ2) is 6.76. The van der Waals surface area contributed by atoms with E-state index in [4.69, 9.17) is 0 Å². The monoisotopic (exact) mass is 346 g/mol. The number of anilines is 1. The topological polar surface area (TPSA) is 23.6 Å². The Hall–Kier alpha value is -1.81. The van der Waals surface area contributed by atoms with E-state index in [2.05, 4.69) is 15.9 Å². The number of halogens is 1. The summed E-state index contributed by atoms with van der Waals surface area (Å²) in [6.45, 7) is 0.599. The van der Waals surface area contributed by atoms with Crippen LogP contribution in [0, 0.1) is 0 Å².